The van der Waals surface area contributed by atoms with E-state index in [1.807, 2.05) is 0 Å². The molecule has 0 bridgehead atoms. The highest BCUT2D eigenvalue weighted by atomic mass is 79.9. The number of hydrogen-bond acceptors (Lipinski definition) is 3. The minimum absolute atomic E-state index is 0.107. The van der Waals surface area contributed by atoms with Crippen molar-refractivity contribution >= 4 is 39.4 Å². The minimum Gasteiger partial charge on any atom is -0.243 e. The molecule has 3 nitrogen and oxygen atoms in total. The van der Waals surface area contributed by atoms with Crippen molar-refractivity contribution in [3.05, 3.63) is 23.1 Å². The van der Waals surface area contributed by atoms with Crippen LogP contribution in [-0.2, 0) is 0 Å². The Morgan fingerprint density at radius 3 is 3.08 bits per heavy atom. The molecule has 0 aromatic carbocycles. The summed E-state index contributed by atoms with van der Waals surface area (Å²) in [5, 5.41) is 0. The summed E-state index contributed by atoms with van der Waals surface area (Å²) in [5.41, 5.74) is 1.21. The molecule has 0 amide bonds. The van der Waals surface area contributed by atoms with E-state index in [2.05, 4.69) is 25.9 Å². The zero-order valence-electron chi connectivity index (χ0n) is 5.74. The van der Waals surface area contributed by atoms with E-state index in [1.165, 1.54) is 10.3 Å². The van der Waals surface area contributed by atoms with Crippen LogP contribution in [0, 0.1) is 0 Å². The van der Waals surface area contributed by atoms with Crippen molar-refractivity contribution in [2.24, 2.45) is 0 Å². The summed E-state index contributed by atoms with van der Waals surface area (Å²) >= 11 is 3.35. The maximum Gasteiger partial charge on any atom is 0.178 e. The summed E-state index contributed by atoms with van der Waals surface area (Å²) in [6.45, 7) is 0. The Bertz CT molecular complexity index is 416. The zero-order chi connectivity index (χ0) is 8.55. The number of aromatic nitrogens is 3. The fraction of sp³-hybridized carbons (Fsp3) is 0. The molecule has 0 N–H and O–H groups in total. The average molecular weight is 248 g/mol. The molecule has 0 spiro atoms. The van der Waals surface area contributed by atoms with Crippen LogP contribution in [-0.4, -0.2) is 13.9 Å². The fourth-order valence-electron chi connectivity index (χ4n) is 0.907. The molecule has 0 radical (unpaired) electrons. The minimum atomic E-state index is 0.107. The Kier molecular flexibility index (Phi) is 2.02. The molecule has 2 rings (SSSR count). The Hall–Kier alpha value is -0.620. The van der Waals surface area contributed by atoms with Gasteiger partial charge in [-0.05, 0) is 22.0 Å². The molecule has 0 aliphatic heterocycles. The number of rotatable bonds is 1. The molecule has 2 aromatic rings. The van der Waals surface area contributed by atoms with Crippen molar-refractivity contribution in [2.45, 2.75) is 0 Å². The van der Waals surface area contributed by atoms with Gasteiger partial charge in [0.25, 0.3) is 0 Å². The molecule has 2 heterocycles. The summed E-state index contributed by atoms with van der Waals surface area (Å²) in [5.74, 6) is 0. The van der Waals surface area contributed by atoms with E-state index < -0.39 is 0 Å². The van der Waals surface area contributed by atoms with E-state index in [-0.39, 0.29) is 12.3 Å². The van der Waals surface area contributed by atoms with E-state index in [4.69, 9.17) is 0 Å². The molecule has 0 fully saturated rings. The second-order valence-corrected chi connectivity index (χ2v) is 3.58. The number of halogens is 2. The van der Waals surface area contributed by atoms with Crippen molar-refractivity contribution in [1.82, 2.24) is 13.9 Å². The molecule has 0 aliphatic carbocycles. The number of fused-ring (bicyclic) bond motifs is 1. The van der Waals surface area contributed by atoms with Crippen LogP contribution in [0.3, 0.4) is 0 Å². The number of nitrogens with zero attached hydrogens (tertiary/aromatic N) is 3. The van der Waals surface area contributed by atoms with Crippen LogP contribution in [0.5, 0.6) is 0 Å². The second-order valence-electron chi connectivity index (χ2n) is 2.14. The van der Waals surface area contributed by atoms with Gasteiger partial charge in [0.05, 0.1) is 0 Å². The van der Waals surface area contributed by atoms with Crippen LogP contribution < -0.4 is 0 Å². The number of pyridine rings is 1. The van der Waals surface area contributed by atoms with Gasteiger partial charge in [-0.25, -0.2) is 13.9 Å². The number of hydrogen-bond donors (Lipinski definition) is 0. The highest BCUT2D eigenvalue weighted by Gasteiger charge is 2.03. The molecule has 0 atom stereocenters. The smallest absolute Gasteiger partial charge is 0.178 e. The van der Waals surface area contributed by atoms with Crippen LogP contribution >= 0.6 is 28.3 Å². The highest BCUT2D eigenvalue weighted by molar-refractivity contribution is 9.10. The van der Waals surface area contributed by atoms with Crippen LogP contribution in [0.4, 0.5) is 3.89 Å². The van der Waals surface area contributed by atoms with E-state index in [1.54, 1.807) is 12.3 Å². The van der Waals surface area contributed by atoms with E-state index in [0.717, 1.165) is 4.47 Å². The van der Waals surface area contributed by atoms with Crippen LogP contribution in [0.25, 0.3) is 11.2 Å². The third kappa shape index (κ3) is 1.21. The maximum absolute atomic E-state index is 12.2. The van der Waals surface area contributed by atoms with Gasteiger partial charge < -0.3 is 0 Å². The summed E-state index contributed by atoms with van der Waals surface area (Å²) in [4.78, 5) is 7.89. The first-order valence-corrected chi connectivity index (χ1v) is 4.55. The van der Waals surface area contributed by atoms with Crippen molar-refractivity contribution in [3.63, 3.8) is 0 Å². The average Bonchev–Trinajstić information content (AvgIpc) is 2.46. The maximum atomic E-state index is 12.2. The Morgan fingerprint density at radius 2 is 2.33 bits per heavy atom. The number of imidazole rings is 1. The first-order valence-electron chi connectivity index (χ1n) is 3.09. The zero-order valence-corrected chi connectivity index (χ0v) is 8.14. The van der Waals surface area contributed by atoms with Gasteiger partial charge in [-0.3, -0.25) is 0 Å². The molecule has 0 unspecified atom stereocenters. The summed E-state index contributed by atoms with van der Waals surface area (Å²) < 4.78 is 14.3. The fourth-order valence-corrected chi connectivity index (χ4v) is 1.52. The quantitative estimate of drug-likeness (QED) is 0.777. The molecular formula is C6H3BrFN3S. The van der Waals surface area contributed by atoms with Gasteiger partial charge in [-0.2, -0.15) is 0 Å². The third-order valence-electron chi connectivity index (χ3n) is 1.41. The van der Waals surface area contributed by atoms with Gasteiger partial charge in [0, 0.05) is 10.7 Å². The van der Waals surface area contributed by atoms with Crippen LogP contribution in [0.15, 0.2) is 23.1 Å². The van der Waals surface area contributed by atoms with Crippen molar-refractivity contribution in [3.8, 4) is 0 Å². The monoisotopic (exact) mass is 247 g/mol. The van der Waals surface area contributed by atoms with Gasteiger partial charge in [0.1, 0.15) is 11.8 Å². The predicted octanol–water partition coefficient (Wildman–Crippen LogP) is 2.57. The van der Waals surface area contributed by atoms with Gasteiger partial charge in [-0.15, -0.1) is 3.89 Å². The Balaban J connectivity index is 2.75. The Morgan fingerprint density at radius 1 is 1.50 bits per heavy atom. The molecule has 0 saturated heterocycles. The molecule has 62 valence electrons. The van der Waals surface area contributed by atoms with Crippen molar-refractivity contribution in [2.75, 3.05) is 0 Å². The van der Waals surface area contributed by atoms with E-state index in [9.17, 15) is 3.89 Å². The van der Waals surface area contributed by atoms with Crippen molar-refractivity contribution < 1.29 is 3.89 Å². The molecule has 6 heteroatoms. The summed E-state index contributed by atoms with van der Waals surface area (Å²) in [6.07, 6.45) is 3.03. The molecule has 0 saturated carbocycles. The standard InChI is InChI=1S/C6H3BrFN3S/c7-4-1-5-6(9-2-4)10-3-11(5)12-8/h1-3H. The molecular weight excluding hydrogens is 245 g/mol. The predicted molar refractivity (Wildman–Crippen MR) is 49.3 cm³/mol. The van der Waals surface area contributed by atoms with Crippen molar-refractivity contribution in [1.29, 1.82) is 0 Å². The topological polar surface area (TPSA) is 30.7 Å². The largest absolute Gasteiger partial charge is 0.243 e. The highest BCUT2D eigenvalue weighted by Crippen LogP contribution is 2.20. The van der Waals surface area contributed by atoms with Crippen LogP contribution in [0.1, 0.15) is 0 Å². The van der Waals surface area contributed by atoms with Gasteiger partial charge in [0.15, 0.2) is 18.0 Å². The van der Waals surface area contributed by atoms with E-state index in [0.29, 0.717) is 11.2 Å². The van der Waals surface area contributed by atoms with E-state index >= 15 is 0 Å². The first kappa shape index (κ1) is 8.00. The third-order valence-corrected chi connectivity index (χ3v) is 2.28. The molecule has 0 aliphatic rings. The molecule has 2 aromatic heterocycles. The summed E-state index contributed by atoms with van der Waals surface area (Å²) in [7, 11) is 0. The van der Waals surface area contributed by atoms with Crippen LogP contribution in [0.2, 0.25) is 0 Å². The van der Waals surface area contributed by atoms with Gasteiger partial charge in [0.2, 0.25) is 0 Å². The van der Waals surface area contributed by atoms with Gasteiger partial charge >= 0.3 is 0 Å². The normalized spacial score (nSPS) is 10.8. The van der Waals surface area contributed by atoms with Gasteiger partial charge in [-0.1, -0.05) is 0 Å². The lowest BCUT2D eigenvalue weighted by molar-refractivity contribution is 0.919. The SMILES string of the molecule is FSn1cnc2ncc(Br)cc21. The first-order chi connectivity index (χ1) is 5.81. The molecule has 12 heavy (non-hydrogen) atoms. The summed E-state index contributed by atoms with van der Waals surface area (Å²) in [6, 6.07) is 1.77. The Labute approximate surface area is 80.6 Å². The lowest BCUT2D eigenvalue weighted by atomic mass is 10.4. The lowest BCUT2D eigenvalue weighted by Crippen LogP contribution is -1.80. The lowest BCUT2D eigenvalue weighted by Gasteiger charge is -1.93. The second kappa shape index (κ2) is 3.02.